The van der Waals surface area contributed by atoms with Gasteiger partial charge in [0.1, 0.15) is 0 Å². The molecule has 3 rings (SSSR count). The molecular formula is C21H27N3O4. The standard InChI is InChI=1S/C21H27N3O4/c1-27-20-12-17(18(24(25)26)13-21(20)28-2)14-22-15-19(23-10-6-7-11-23)16-8-4-3-5-9-16/h3-5,8-9,12-13,19,22H,6-7,10-11,14-15H2,1-2H3/t19-/m0/s1. The van der Waals surface area contributed by atoms with Crippen molar-refractivity contribution in [1.82, 2.24) is 10.2 Å². The molecule has 0 amide bonds. The predicted molar refractivity (Wildman–Crippen MR) is 108 cm³/mol. The van der Waals surface area contributed by atoms with E-state index in [4.69, 9.17) is 9.47 Å². The molecule has 0 spiro atoms. The quantitative estimate of drug-likeness (QED) is 0.526. The Bertz CT molecular complexity index is 792. The van der Waals surface area contributed by atoms with Gasteiger partial charge < -0.3 is 14.8 Å². The highest BCUT2D eigenvalue weighted by molar-refractivity contribution is 5.54. The van der Waals surface area contributed by atoms with Crippen molar-refractivity contribution in [3.05, 3.63) is 63.7 Å². The largest absolute Gasteiger partial charge is 0.493 e. The van der Waals surface area contributed by atoms with E-state index in [0.717, 1.165) is 19.6 Å². The summed E-state index contributed by atoms with van der Waals surface area (Å²) in [5.74, 6) is 0.848. The van der Waals surface area contributed by atoms with Crippen molar-refractivity contribution in [2.45, 2.75) is 25.4 Å². The maximum Gasteiger partial charge on any atom is 0.277 e. The lowest BCUT2D eigenvalue weighted by molar-refractivity contribution is -0.385. The molecule has 0 radical (unpaired) electrons. The zero-order valence-electron chi connectivity index (χ0n) is 16.4. The Labute approximate surface area is 165 Å². The number of hydrogen-bond acceptors (Lipinski definition) is 6. The number of nitro benzene ring substituents is 1. The summed E-state index contributed by atoms with van der Waals surface area (Å²) in [5.41, 5.74) is 1.87. The molecule has 7 nitrogen and oxygen atoms in total. The summed E-state index contributed by atoms with van der Waals surface area (Å²) in [7, 11) is 3.00. The zero-order chi connectivity index (χ0) is 19.9. The van der Waals surface area contributed by atoms with Crippen LogP contribution in [0.2, 0.25) is 0 Å². The number of nitrogens with zero attached hydrogens (tertiary/aromatic N) is 2. The minimum Gasteiger partial charge on any atom is -0.493 e. The number of methoxy groups -OCH3 is 2. The topological polar surface area (TPSA) is 76.9 Å². The molecule has 0 aromatic heterocycles. The van der Waals surface area contributed by atoms with Gasteiger partial charge in [0.25, 0.3) is 5.69 Å². The van der Waals surface area contributed by atoms with E-state index in [1.54, 1.807) is 6.07 Å². The average molecular weight is 385 g/mol. The third-order valence-corrected chi connectivity index (χ3v) is 5.20. The average Bonchev–Trinajstić information content (AvgIpc) is 3.25. The Hall–Kier alpha value is -2.64. The van der Waals surface area contributed by atoms with Crippen molar-refractivity contribution in [2.24, 2.45) is 0 Å². The maximum atomic E-state index is 11.5. The number of benzene rings is 2. The SMILES string of the molecule is COc1cc(CNC[C@@H](c2ccccc2)N2CCCC2)c([N+](=O)[O-])cc1OC. The summed E-state index contributed by atoms with van der Waals surface area (Å²) in [6, 6.07) is 13.8. The molecule has 0 bridgehead atoms. The molecule has 2 aromatic rings. The minimum absolute atomic E-state index is 0.0302. The molecule has 7 heteroatoms. The van der Waals surface area contributed by atoms with Crippen LogP contribution in [-0.4, -0.2) is 43.7 Å². The highest BCUT2D eigenvalue weighted by Crippen LogP contribution is 2.34. The van der Waals surface area contributed by atoms with Crippen molar-refractivity contribution >= 4 is 5.69 Å². The summed E-state index contributed by atoms with van der Waals surface area (Å²) in [4.78, 5) is 13.6. The van der Waals surface area contributed by atoms with Crippen molar-refractivity contribution in [2.75, 3.05) is 33.9 Å². The maximum absolute atomic E-state index is 11.5. The van der Waals surface area contributed by atoms with Gasteiger partial charge in [-0.15, -0.1) is 0 Å². The number of nitro groups is 1. The van der Waals surface area contributed by atoms with E-state index in [-0.39, 0.29) is 16.7 Å². The fraction of sp³-hybridized carbons (Fsp3) is 0.429. The van der Waals surface area contributed by atoms with E-state index in [0.29, 0.717) is 23.6 Å². The third-order valence-electron chi connectivity index (χ3n) is 5.20. The van der Waals surface area contributed by atoms with Gasteiger partial charge in [0.2, 0.25) is 0 Å². The molecule has 0 unspecified atom stereocenters. The number of nitrogens with one attached hydrogen (secondary N) is 1. The van der Waals surface area contributed by atoms with Crippen molar-refractivity contribution < 1.29 is 14.4 Å². The summed E-state index contributed by atoms with van der Waals surface area (Å²) in [6.07, 6.45) is 2.43. The van der Waals surface area contributed by atoms with Crippen LogP contribution in [0.1, 0.15) is 30.0 Å². The summed E-state index contributed by atoms with van der Waals surface area (Å²) >= 11 is 0. The second kappa shape index (κ2) is 9.52. The number of ether oxygens (including phenoxy) is 2. The van der Waals surface area contributed by atoms with Crippen LogP contribution in [0.15, 0.2) is 42.5 Å². The van der Waals surface area contributed by atoms with Gasteiger partial charge in [-0.3, -0.25) is 15.0 Å². The lowest BCUT2D eigenvalue weighted by Crippen LogP contribution is -2.34. The highest BCUT2D eigenvalue weighted by atomic mass is 16.6. The van der Waals surface area contributed by atoms with E-state index >= 15 is 0 Å². The lowest BCUT2D eigenvalue weighted by atomic mass is 10.1. The molecule has 1 aliphatic rings. The van der Waals surface area contributed by atoms with E-state index in [1.807, 2.05) is 6.07 Å². The van der Waals surface area contributed by atoms with E-state index in [2.05, 4.69) is 34.5 Å². The Morgan fingerprint density at radius 1 is 1.11 bits per heavy atom. The fourth-order valence-electron chi connectivity index (χ4n) is 3.75. The molecule has 1 saturated heterocycles. The zero-order valence-corrected chi connectivity index (χ0v) is 16.4. The van der Waals surface area contributed by atoms with Crippen LogP contribution >= 0.6 is 0 Å². The first-order valence-corrected chi connectivity index (χ1v) is 9.53. The predicted octanol–water partition coefficient (Wildman–Crippen LogP) is 3.54. The molecule has 1 N–H and O–H groups in total. The smallest absolute Gasteiger partial charge is 0.277 e. The number of rotatable bonds is 9. The number of hydrogen-bond donors (Lipinski definition) is 1. The van der Waals surface area contributed by atoms with Crippen LogP contribution in [0.4, 0.5) is 5.69 Å². The third kappa shape index (κ3) is 4.61. The monoisotopic (exact) mass is 385 g/mol. The van der Waals surface area contributed by atoms with Crippen LogP contribution in [0.5, 0.6) is 11.5 Å². The first-order chi connectivity index (χ1) is 13.6. The van der Waals surface area contributed by atoms with Gasteiger partial charge in [0, 0.05) is 24.7 Å². The van der Waals surface area contributed by atoms with E-state index in [9.17, 15) is 10.1 Å². The van der Waals surface area contributed by atoms with Crippen molar-refractivity contribution in [1.29, 1.82) is 0 Å². The van der Waals surface area contributed by atoms with Crippen LogP contribution in [0, 0.1) is 10.1 Å². The molecular weight excluding hydrogens is 358 g/mol. The second-order valence-electron chi connectivity index (χ2n) is 6.89. The van der Waals surface area contributed by atoms with Crippen molar-refractivity contribution in [3.63, 3.8) is 0 Å². The summed E-state index contributed by atoms with van der Waals surface area (Å²) in [6.45, 7) is 3.26. The Morgan fingerprint density at radius 2 is 1.75 bits per heavy atom. The second-order valence-corrected chi connectivity index (χ2v) is 6.89. The van der Waals surface area contributed by atoms with Crippen LogP contribution in [-0.2, 0) is 6.54 Å². The number of likely N-dealkylation sites (tertiary alicyclic amines) is 1. The fourth-order valence-corrected chi connectivity index (χ4v) is 3.75. The Balaban J connectivity index is 1.75. The molecule has 1 heterocycles. The molecule has 1 atom stereocenters. The lowest BCUT2D eigenvalue weighted by Gasteiger charge is -2.28. The van der Waals surface area contributed by atoms with Crippen LogP contribution < -0.4 is 14.8 Å². The van der Waals surface area contributed by atoms with Gasteiger partial charge in [-0.2, -0.15) is 0 Å². The Morgan fingerprint density at radius 3 is 2.36 bits per heavy atom. The molecule has 28 heavy (non-hydrogen) atoms. The van der Waals surface area contributed by atoms with E-state index in [1.165, 1.54) is 38.7 Å². The van der Waals surface area contributed by atoms with Gasteiger partial charge in [-0.05, 0) is 37.6 Å². The Kier molecular flexibility index (Phi) is 6.84. The van der Waals surface area contributed by atoms with Gasteiger partial charge in [-0.25, -0.2) is 0 Å². The highest BCUT2D eigenvalue weighted by Gasteiger charge is 2.24. The van der Waals surface area contributed by atoms with E-state index < -0.39 is 0 Å². The van der Waals surface area contributed by atoms with Gasteiger partial charge in [0.15, 0.2) is 11.5 Å². The summed E-state index contributed by atoms with van der Waals surface area (Å²) in [5, 5.41) is 14.9. The van der Waals surface area contributed by atoms with Gasteiger partial charge >= 0.3 is 0 Å². The normalized spacial score (nSPS) is 15.4. The molecule has 1 aliphatic heterocycles. The molecule has 150 valence electrons. The van der Waals surface area contributed by atoms with Crippen molar-refractivity contribution in [3.8, 4) is 11.5 Å². The van der Waals surface area contributed by atoms with Crippen LogP contribution in [0.3, 0.4) is 0 Å². The minimum atomic E-state index is -0.381. The first-order valence-electron chi connectivity index (χ1n) is 9.53. The molecule has 0 aliphatic carbocycles. The molecule has 2 aromatic carbocycles. The first kappa shape index (κ1) is 20.1. The molecule has 0 saturated carbocycles. The van der Waals surface area contributed by atoms with Gasteiger partial charge in [0.05, 0.1) is 25.2 Å². The van der Waals surface area contributed by atoms with Gasteiger partial charge in [-0.1, -0.05) is 30.3 Å². The molecule has 1 fully saturated rings. The van der Waals surface area contributed by atoms with Crippen LogP contribution in [0.25, 0.3) is 0 Å². The summed E-state index contributed by atoms with van der Waals surface area (Å²) < 4.78 is 10.5.